The van der Waals surface area contributed by atoms with Crippen molar-refractivity contribution in [3.8, 4) is 5.75 Å². The molecule has 3 aromatic rings. The lowest BCUT2D eigenvalue weighted by atomic mass is 10.1. The molecule has 3 rings (SSSR count). The molecule has 0 bridgehead atoms. The minimum atomic E-state index is -4.16. The third kappa shape index (κ3) is 8.33. The molecule has 0 saturated carbocycles. The number of ether oxygens (including phenoxy) is 1. The summed E-state index contributed by atoms with van der Waals surface area (Å²) in [6.45, 7) is 6.02. The van der Waals surface area contributed by atoms with E-state index in [0.717, 1.165) is 28.3 Å². The molecule has 0 spiro atoms. The maximum absolute atomic E-state index is 14.1. The molecule has 0 heterocycles. The highest BCUT2D eigenvalue weighted by Gasteiger charge is 2.34. The third-order valence-electron chi connectivity index (χ3n) is 6.91. The van der Waals surface area contributed by atoms with E-state index in [1.807, 2.05) is 57.2 Å². The first-order valence-electron chi connectivity index (χ1n) is 14.1. The van der Waals surface area contributed by atoms with Crippen LogP contribution in [0, 0.1) is 6.92 Å². The lowest BCUT2D eigenvalue weighted by molar-refractivity contribution is -0.139. The van der Waals surface area contributed by atoms with E-state index in [1.54, 1.807) is 30.3 Å². The summed E-state index contributed by atoms with van der Waals surface area (Å²) in [5.41, 5.74) is 2.08. The smallest absolute Gasteiger partial charge is 0.264 e. The summed E-state index contributed by atoms with van der Waals surface area (Å²) in [6, 6.07) is 22.2. The zero-order chi connectivity index (χ0) is 29.8. The fourth-order valence-corrected chi connectivity index (χ4v) is 6.07. The number of nitrogens with one attached hydrogen (secondary N) is 1. The van der Waals surface area contributed by atoms with E-state index in [0.29, 0.717) is 25.1 Å². The van der Waals surface area contributed by atoms with Crippen molar-refractivity contribution in [3.63, 3.8) is 0 Å². The van der Waals surface area contributed by atoms with Gasteiger partial charge < -0.3 is 15.0 Å². The van der Waals surface area contributed by atoms with Gasteiger partial charge in [0.1, 0.15) is 18.3 Å². The molecule has 1 unspecified atom stereocenters. The first-order valence-corrected chi connectivity index (χ1v) is 15.5. The highest BCUT2D eigenvalue weighted by Crippen LogP contribution is 2.33. The maximum Gasteiger partial charge on any atom is 0.264 e. The molecule has 8 nitrogen and oxygen atoms in total. The second kappa shape index (κ2) is 15.2. The quantitative estimate of drug-likeness (QED) is 0.257. The van der Waals surface area contributed by atoms with Gasteiger partial charge in [-0.3, -0.25) is 13.9 Å². The maximum atomic E-state index is 14.1. The monoisotopic (exact) mass is 579 g/mol. The highest BCUT2D eigenvalue weighted by molar-refractivity contribution is 7.92. The molecule has 9 heteroatoms. The Morgan fingerprint density at radius 3 is 2.22 bits per heavy atom. The van der Waals surface area contributed by atoms with Crippen LogP contribution in [0.5, 0.6) is 5.75 Å². The minimum absolute atomic E-state index is 0.0524. The summed E-state index contributed by atoms with van der Waals surface area (Å²) in [7, 11) is -2.70. The Hall–Kier alpha value is -3.85. The van der Waals surface area contributed by atoms with Crippen molar-refractivity contribution in [2.24, 2.45) is 0 Å². The van der Waals surface area contributed by atoms with Crippen molar-refractivity contribution in [2.45, 2.75) is 57.4 Å². The normalized spacial score (nSPS) is 11.9. The van der Waals surface area contributed by atoms with E-state index in [4.69, 9.17) is 4.74 Å². The zero-order valence-electron chi connectivity index (χ0n) is 24.4. The number of amides is 2. The van der Waals surface area contributed by atoms with Gasteiger partial charge in [-0.15, -0.1) is 0 Å². The number of carbonyl (C=O) groups excluding carboxylic acids is 2. The van der Waals surface area contributed by atoms with Gasteiger partial charge in [0.05, 0.1) is 17.7 Å². The Bertz CT molecular complexity index is 1380. The van der Waals surface area contributed by atoms with Crippen LogP contribution in [0.4, 0.5) is 5.69 Å². The number of hydrogen-bond acceptors (Lipinski definition) is 5. The number of benzene rings is 3. The van der Waals surface area contributed by atoms with E-state index < -0.39 is 28.5 Å². The standard InChI is InChI=1S/C32H41N3O5S/c1-5-7-21-33-32(37)28(6-2)34(22-20-26-14-10-8-11-15-26)31(36)24-35(29-23-25(3)18-19-30(29)40-4)41(38,39)27-16-12-9-13-17-27/h8-19,23,28H,5-7,20-22,24H2,1-4H3,(H,33,37). The summed E-state index contributed by atoms with van der Waals surface area (Å²) in [4.78, 5) is 29.0. The van der Waals surface area contributed by atoms with Crippen LogP contribution in [0.25, 0.3) is 0 Å². The number of unbranched alkanes of at least 4 members (excludes halogenated alkanes) is 1. The topological polar surface area (TPSA) is 96.0 Å². The van der Waals surface area contributed by atoms with Gasteiger partial charge in [-0.2, -0.15) is 0 Å². The molecule has 220 valence electrons. The van der Waals surface area contributed by atoms with Crippen molar-refractivity contribution in [3.05, 3.63) is 90.0 Å². The fourth-order valence-electron chi connectivity index (χ4n) is 4.63. The number of methoxy groups -OCH3 is 1. The van der Waals surface area contributed by atoms with Gasteiger partial charge >= 0.3 is 0 Å². The van der Waals surface area contributed by atoms with Crippen molar-refractivity contribution in [1.82, 2.24) is 10.2 Å². The molecule has 0 aliphatic rings. The number of anilines is 1. The molecular formula is C32H41N3O5S. The molecule has 2 amide bonds. The summed E-state index contributed by atoms with van der Waals surface area (Å²) >= 11 is 0. The van der Waals surface area contributed by atoms with E-state index in [2.05, 4.69) is 5.32 Å². The second-order valence-corrected chi connectivity index (χ2v) is 11.8. The van der Waals surface area contributed by atoms with Crippen LogP contribution in [0.3, 0.4) is 0 Å². The summed E-state index contributed by atoms with van der Waals surface area (Å²) < 4.78 is 34.7. The molecular weight excluding hydrogens is 538 g/mol. The SMILES string of the molecule is CCCCNC(=O)C(CC)N(CCc1ccccc1)C(=O)CN(c1cc(C)ccc1OC)S(=O)(=O)c1ccccc1. The Kier molecular flexibility index (Phi) is 11.8. The van der Waals surface area contributed by atoms with E-state index in [1.165, 1.54) is 24.1 Å². The number of aryl methyl sites for hydroxylation is 1. The minimum Gasteiger partial charge on any atom is -0.495 e. The number of nitrogens with zero attached hydrogens (tertiary/aromatic N) is 2. The zero-order valence-corrected chi connectivity index (χ0v) is 25.2. The Labute approximate surface area is 244 Å². The van der Waals surface area contributed by atoms with Gasteiger partial charge in [-0.1, -0.05) is 74.9 Å². The molecule has 0 fully saturated rings. The van der Waals surface area contributed by atoms with Crippen LogP contribution in [0.1, 0.15) is 44.2 Å². The van der Waals surface area contributed by atoms with Gasteiger partial charge in [-0.25, -0.2) is 8.42 Å². The fraction of sp³-hybridized carbons (Fsp3) is 0.375. The molecule has 1 N–H and O–H groups in total. The average molecular weight is 580 g/mol. The first-order chi connectivity index (χ1) is 19.7. The Morgan fingerprint density at radius 1 is 0.951 bits per heavy atom. The van der Waals surface area contributed by atoms with Gasteiger partial charge in [0.25, 0.3) is 10.0 Å². The van der Waals surface area contributed by atoms with Crippen molar-refractivity contribution < 1.29 is 22.7 Å². The van der Waals surface area contributed by atoms with E-state index in [9.17, 15) is 18.0 Å². The average Bonchev–Trinajstić information content (AvgIpc) is 2.98. The molecule has 0 radical (unpaired) electrons. The molecule has 41 heavy (non-hydrogen) atoms. The highest BCUT2D eigenvalue weighted by atomic mass is 32.2. The Balaban J connectivity index is 2.04. The predicted molar refractivity (Wildman–Crippen MR) is 163 cm³/mol. The summed E-state index contributed by atoms with van der Waals surface area (Å²) in [5, 5.41) is 2.95. The molecule has 3 aromatic carbocycles. The number of hydrogen-bond donors (Lipinski definition) is 1. The first kappa shape index (κ1) is 31.7. The van der Waals surface area contributed by atoms with Crippen LogP contribution in [0.15, 0.2) is 83.8 Å². The number of rotatable bonds is 15. The molecule has 0 aromatic heterocycles. The van der Waals surface area contributed by atoms with Crippen LogP contribution in [-0.2, 0) is 26.0 Å². The van der Waals surface area contributed by atoms with Gasteiger partial charge in [0.15, 0.2) is 0 Å². The number of sulfonamides is 1. The van der Waals surface area contributed by atoms with Gasteiger partial charge in [0.2, 0.25) is 11.8 Å². The van der Waals surface area contributed by atoms with Crippen LogP contribution in [-0.4, -0.2) is 57.9 Å². The third-order valence-corrected chi connectivity index (χ3v) is 8.69. The van der Waals surface area contributed by atoms with Crippen molar-refractivity contribution in [2.75, 3.05) is 31.0 Å². The largest absolute Gasteiger partial charge is 0.495 e. The van der Waals surface area contributed by atoms with Crippen LogP contribution in [0.2, 0.25) is 0 Å². The van der Waals surface area contributed by atoms with Crippen LogP contribution < -0.4 is 14.4 Å². The van der Waals surface area contributed by atoms with Gasteiger partial charge in [0, 0.05) is 13.1 Å². The second-order valence-electron chi connectivity index (χ2n) is 9.89. The lowest BCUT2D eigenvalue weighted by Gasteiger charge is -2.33. The molecule has 0 aliphatic carbocycles. The number of carbonyl (C=O) groups is 2. The van der Waals surface area contributed by atoms with E-state index in [-0.39, 0.29) is 23.0 Å². The summed E-state index contributed by atoms with van der Waals surface area (Å²) in [6.07, 6.45) is 2.66. The molecule has 1 atom stereocenters. The summed E-state index contributed by atoms with van der Waals surface area (Å²) in [5.74, 6) is -0.391. The van der Waals surface area contributed by atoms with Crippen LogP contribution >= 0.6 is 0 Å². The molecule has 0 aliphatic heterocycles. The molecule has 0 saturated heterocycles. The van der Waals surface area contributed by atoms with Crippen molar-refractivity contribution in [1.29, 1.82) is 0 Å². The predicted octanol–water partition coefficient (Wildman–Crippen LogP) is 4.97. The lowest BCUT2D eigenvalue weighted by Crippen LogP contribution is -2.53. The van der Waals surface area contributed by atoms with E-state index >= 15 is 0 Å². The van der Waals surface area contributed by atoms with Gasteiger partial charge in [-0.05, 0) is 61.6 Å². The Morgan fingerprint density at radius 2 is 1.61 bits per heavy atom. The van der Waals surface area contributed by atoms with Crippen molar-refractivity contribution >= 4 is 27.5 Å².